The largest absolute Gasteiger partial charge is 0.457 e. The van der Waals surface area contributed by atoms with Gasteiger partial charge < -0.3 is 28.8 Å². The van der Waals surface area contributed by atoms with Crippen LogP contribution in [0.4, 0.5) is 0 Å². The third-order valence-corrected chi connectivity index (χ3v) is 8.02. The van der Waals surface area contributed by atoms with Gasteiger partial charge >= 0.3 is 5.97 Å². The van der Waals surface area contributed by atoms with E-state index < -0.39 is 23.8 Å². The van der Waals surface area contributed by atoms with Gasteiger partial charge in [0, 0.05) is 13.2 Å². The van der Waals surface area contributed by atoms with Crippen molar-refractivity contribution in [3.63, 3.8) is 0 Å². The van der Waals surface area contributed by atoms with E-state index in [4.69, 9.17) is 23.7 Å². The number of ether oxygens (including phenoxy) is 5. The van der Waals surface area contributed by atoms with Gasteiger partial charge in [-0.15, -0.1) is 0 Å². The van der Waals surface area contributed by atoms with E-state index >= 15 is 0 Å². The number of allylic oxidation sites excluding steroid dienone is 1. The van der Waals surface area contributed by atoms with Gasteiger partial charge in [-0.1, -0.05) is 35.9 Å². The number of carbonyl (C=O) groups is 1. The van der Waals surface area contributed by atoms with E-state index in [0.717, 1.165) is 29.7 Å². The van der Waals surface area contributed by atoms with E-state index in [0.29, 0.717) is 25.4 Å². The van der Waals surface area contributed by atoms with Crippen LogP contribution in [0.2, 0.25) is 0 Å². The second kappa shape index (κ2) is 11.3. The van der Waals surface area contributed by atoms with Crippen molar-refractivity contribution in [2.75, 3.05) is 13.7 Å². The Morgan fingerprint density at radius 1 is 1.10 bits per heavy atom. The van der Waals surface area contributed by atoms with E-state index in [1.807, 2.05) is 55.5 Å². The summed E-state index contributed by atoms with van der Waals surface area (Å²) in [5.41, 5.74) is 2.29. The molecule has 7 nitrogen and oxygen atoms in total. The number of hydrogen-bond donors (Lipinski definition) is 1. The molecule has 3 unspecified atom stereocenters. The van der Waals surface area contributed by atoms with Crippen molar-refractivity contribution in [1.29, 1.82) is 0 Å². The number of esters is 1. The third kappa shape index (κ3) is 6.28. The number of carbonyl (C=O) groups excluding carboxylic acids is 1. The predicted molar refractivity (Wildman–Crippen MR) is 147 cm³/mol. The average molecular weight is 535 g/mol. The quantitative estimate of drug-likeness (QED) is 0.184. The molecule has 2 heterocycles. The zero-order valence-corrected chi connectivity index (χ0v) is 23.1. The maximum Gasteiger partial charge on any atom is 0.331 e. The molecule has 7 heteroatoms. The van der Waals surface area contributed by atoms with E-state index in [1.165, 1.54) is 11.6 Å². The van der Waals surface area contributed by atoms with Crippen LogP contribution in [0, 0.1) is 5.92 Å². The molecule has 2 aromatic carbocycles. The van der Waals surface area contributed by atoms with Gasteiger partial charge in [-0.2, -0.15) is 0 Å². The van der Waals surface area contributed by atoms with E-state index in [1.54, 1.807) is 13.2 Å². The molecule has 0 aromatic heterocycles. The highest BCUT2D eigenvalue weighted by atomic mass is 16.6. The number of hydrogen-bond acceptors (Lipinski definition) is 7. The first-order valence-electron chi connectivity index (χ1n) is 13.6. The fraction of sp³-hybridized carbons (Fsp3) is 0.469. The monoisotopic (exact) mass is 534 g/mol. The Morgan fingerprint density at radius 2 is 1.77 bits per heavy atom. The maximum absolute atomic E-state index is 12.7. The zero-order chi connectivity index (χ0) is 27.6. The summed E-state index contributed by atoms with van der Waals surface area (Å²) in [6.07, 6.45) is 5.94. The Hall–Kier alpha value is -2.97. The summed E-state index contributed by atoms with van der Waals surface area (Å²) in [5.74, 6) is 0.711. The Labute approximate surface area is 230 Å². The predicted octanol–water partition coefficient (Wildman–Crippen LogP) is 5.60. The van der Waals surface area contributed by atoms with Crippen LogP contribution >= 0.6 is 0 Å². The summed E-state index contributed by atoms with van der Waals surface area (Å²) in [4.78, 5) is 12.7. The fourth-order valence-electron chi connectivity index (χ4n) is 5.77. The molecule has 0 amide bonds. The number of rotatable bonds is 10. The lowest BCUT2D eigenvalue weighted by Crippen LogP contribution is -2.54. The maximum atomic E-state index is 12.7. The van der Waals surface area contributed by atoms with E-state index in [2.05, 4.69) is 19.9 Å². The smallest absolute Gasteiger partial charge is 0.331 e. The minimum atomic E-state index is -0.847. The van der Waals surface area contributed by atoms with Gasteiger partial charge in [0.05, 0.1) is 31.3 Å². The van der Waals surface area contributed by atoms with Crippen molar-refractivity contribution in [3.8, 4) is 11.5 Å². The summed E-state index contributed by atoms with van der Waals surface area (Å²) in [5, 5.41) is 11.3. The summed E-state index contributed by atoms with van der Waals surface area (Å²) >= 11 is 0. The molecule has 2 saturated heterocycles. The molecule has 0 bridgehead atoms. The molecule has 1 saturated carbocycles. The Bertz CT molecular complexity index is 1210. The van der Waals surface area contributed by atoms with Crippen molar-refractivity contribution in [2.45, 2.75) is 76.2 Å². The number of methoxy groups -OCH3 is 1. The lowest BCUT2D eigenvalue weighted by atomic mass is 9.68. The summed E-state index contributed by atoms with van der Waals surface area (Å²) in [7, 11) is 1.67. The van der Waals surface area contributed by atoms with Gasteiger partial charge in [0.1, 0.15) is 28.8 Å². The van der Waals surface area contributed by atoms with Crippen molar-refractivity contribution in [2.24, 2.45) is 5.92 Å². The molecular weight excluding hydrogens is 496 g/mol. The molecule has 3 aliphatic rings. The Kier molecular flexibility index (Phi) is 7.96. The number of aliphatic hydroxyl groups excluding tert-OH is 1. The number of benzene rings is 2. The van der Waals surface area contributed by atoms with E-state index in [9.17, 15) is 9.90 Å². The highest BCUT2D eigenvalue weighted by Crippen LogP contribution is 2.59. The molecule has 208 valence electrons. The molecule has 39 heavy (non-hydrogen) atoms. The second-order valence-electron chi connectivity index (χ2n) is 11.2. The van der Waals surface area contributed by atoms with Crippen LogP contribution in [0.3, 0.4) is 0 Å². The van der Waals surface area contributed by atoms with E-state index in [-0.39, 0.29) is 17.6 Å². The van der Waals surface area contributed by atoms with Crippen LogP contribution in [0.15, 0.2) is 66.3 Å². The molecule has 3 fully saturated rings. The zero-order valence-electron chi connectivity index (χ0n) is 23.1. The van der Waals surface area contributed by atoms with Gasteiger partial charge in [-0.25, -0.2) is 4.79 Å². The van der Waals surface area contributed by atoms with Crippen LogP contribution in [-0.4, -0.2) is 54.3 Å². The van der Waals surface area contributed by atoms with Crippen LogP contribution in [-0.2, 0) is 30.3 Å². The summed E-state index contributed by atoms with van der Waals surface area (Å²) in [6, 6.07) is 15.2. The summed E-state index contributed by atoms with van der Waals surface area (Å²) < 4.78 is 28.7. The number of epoxide rings is 2. The van der Waals surface area contributed by atoms with Crippen LogP contribution in [0.5, 0.6) is 11.5 Å². The molecule has 0 radical (unpaired) electrons. The van der Waals surface area contributed by atoms with Crippen LogP contribution < -0.4 is 4.74 Å². The summed E-state index contributed by atoms with van der Waals surface area (Å²) in [6.45, 7) is 7.35. The van der Waals surface area contributed by atoms with Gasteiger partial charge in [0.25, 0.3) is 0 Å². The number of aliphatic hydroxyl groups is 1. The molecule has 2 aromatic rings. The minimum Gasteiger partial charge on any atom is -0.457 e. The van der Waals surface area contributed by atoms with Gasteiger partial charge in [-0.3, -0.25) is 0 Å². The highest BCUT2D eigenvalue weighted by molar-refractivity contribution is 5.87. The molecule has 2 aliphatic heterocycles. The first-order valence-corrected chi connectivity index (χ1v) is 13.6. The lowest BCUT2D eigenvalue weighted by molar-refractivity contribution is -0.162. The van der Waals surface area contributed by atoms with Crippen LogP contribution in [0.1, 0.15) is 51.2 Å². The fourth-order valence-corrected chi connectivity index (χ4v) is 5.77. The normalized spacial score (nSPS) is 31.2. The first kappa shape index (κ1) is 27.6. The van der Waals surface area contributed by atoms with Crippen molar-refractivity contribution in [1.82, 2.24) is 0 Å². The molecular formula is C32H38O7. The Balaban J connectivity index is 1.16. The molecule has 6 atom stereocenters. The minimum absolute atomic E-state index is 0.0319. The van der Waals surface area contributed by atoms with Crippen molar-refractivity contribution >= 4 is 12.0 Å². The van der Waals surface area contributed by atoms with Crippen molar-refractivity contribution in [3.05, 3.63) is 77.4 Å². The third-order valence-electron chi connectivity index (χ3n) is 8.02. The second-order valence-corrected chi connectivity index (χ2v) is 11.2. The topological polar surface area (TPSA) is 90.1 Å². The SMILES string of the molecule is COCc1ccc(Oc2ccc(/C=C/C(=O)O[C@@H]3CCC4(CO4)[C@@H](C4(C)OC4CC=C(C)C)[C@@H]3O)cc2)cc1. The molecule has 1 aliphatic carbocycles. The van der Waals surface area contributed by atoms with Crippen LogP contribution in [0.25, 0.3) is 6.08 Å². The highest BCUT2D eigenvalue weighted by Gasteiger charge is 2.71. The first-order chi connectivity index (χ1) is 18.7. The molecule has 1 spiro atoms. The molecule has 1 N–H and O–H groups in total. The molecule has 5 rings (SSSR count). The lowest BCUT2D eigenvalue weighted by Gasteiger charge is -2.40. The van der Waals surface area contributed by atoms with Crippen molar-refractivity contribution < 1.29 is 33.6 Å². The van der Waals surface area contributed by atoms with Gasteiger partial charge in [0.15, 0.2) is 0 Å². The Morgan fingerprint density at radius 3 is 2.38 bits per heavy atom. The van der Waals surface area contributed by atoms with Gasteiger partial charge in [0.2, 0.25) is 0 Å². The standard InChI is InChI=1S/C32H38O7/c1-21(2)5-15-27-31(3,39-27)30-29(34)26(17-18-32(30)20-36-32)38-28(33)16-10-22-6-11-24(12-7-22)37-25-13-8-23(9-14-25)19-35-4/h5-14,16,26-27,29-30,34H,15,17-20H2,1-4H3/b16-10+/t26-,27?,29-,30-,31?,32?/m1/s1. The van der Waals surface area contributed by atoms with Gasteiger partial charge in [-0.05, 0) is 81.5 Å². The average Bonchev–Trinajstić information content (AvgIpc) is 3.83.